The van der Waals surface area contributed by atoms with Crippen LogP contribution in [0.25, 0.3) is 0 Å². The van der Waals surface area contributed by atoms with Gasteiger partial charge < -0.3 is 0 Å². The molecule has 2 rings (SSSR count). The van der Waals surface area contributed by atoms with Crippen LogP contribution in [0, 0.1) is 0 Å². The smallest absolute Gasteiger partial charge is 0.152 e. The van der Waals surface area contributed by atoms with E-state index in [1.54, 1.807) is 18.6 Å². The number of pyridine rings is 1. The standard InChI is InChI=1S/C10H12N2O2S/c13-15(14)6-3-10(8-15)12-7-9-1-4-11-5-2-9/h1-2,4-5,7,10H,3,6,8H2/t10-/m1/s1. The van der Waals surface area contributed by atoms with Crippen molar-refractivity contribution in [3.8, 4) is 0 Å². The average molecular weight is 224 g/mol. The number of hydrogen-bond donors (Lipinski definition) is 0. The SMILES string of the molecule is O=S1(=O)CC[C@@H](N=Cc2ccncc2)C1. The van der Waals surface area contributed by atoms with E-state index >= 15 is 0 Å². The zero-order valence-electron chi connectivity index (χ0n) is 8.20. The Morgan fingerprint density at radius 1 is 1.40 bits per heavy atom. The van der Waals surface area contributed by atoms with Crippen molar-refractivity contribution in [1.82, 2.24) is 4.98 Å². The summed E-state index contributed by atoms with van der Waals surface area (Å²) in [6.45, 7) is 0. The van der Waals surface area contributed by atoms with E-state index in [0.717, 1.165) is 5.56 Å². The van der Waals surface area contributed by atoms with Crippen molar-refractivity contribution in [2.24, 2.45) is 4.99 Å². The van der Waals surface area contributed by atoms with Crippen molar-refractivity contribution in [2.45, 2.75) is 12.5 Å². The molecule has 0 bridgehead atoms. The first-order valence-corrected chi connectivity index (χ1v) is 6.61. The second kappa shape index (κ2) is 4.10. The van der Waals surface area contributed by atoms with E-state index in [2.05, 4.69) is 9.98 Å². The molecule has 2 heterocycles. The molecule has 5 heteroatoms. The van der Waals surface area contributed by atoms with Crippen LogP contribution in [0.3, 0.4) is 0 Å². The van der Waals surface area contributed by atoms with Gasteiger partial charge in [-0.3, -0.25) is 9.98 Å². The molecule has 1 atom stereocenters. The van der Waals surface area contributed by atoms with Crippen molar-refractivity contribution in [2.75, 3.05) is 11.5 Å². The van der Waals surface area contributed by atoms with E-state index in [4.69, 9.17) is 0 Å². The fourth-order valence-corrected chi connectivity index (χ4v) is 3.17. The van der Waals surface area contributed by atoms with E-state index in [0.29, 0.717) is 6.42 Å². The molecule has 1 aliphatic rings. The normalized spacial score (nSPS) is 24.7. The zero-order chi connectivity index (χ0) is 10.7. The van der Waals surface area contributed by atoms with Gasteiger partial charge in [-0.2, -0.15) is 0 Å². The summed E-state index contributed by atoms with van der Waals surface area (Å²) in [5.41, 5.74) is 0.953. The van der Waals surface area contributed by atoms with E-state index in [9.17, 15) is 8.42 Å². The second-order valence-corrected chi connectivity index (χ2v) is 5.84. The summed E-state index contributed by atoms with van der Waals surface area (Å²) >= 11 is 0. The van der Waals surface area contributed by atoms with Crippen LogP contribution in [0.2, 0.25) is 0 Å². The molecule has 0 saturated carbocycles. The summed E-state index contributed by atoms with van der Waals surface area (Å²) in [5, 5.41) is 0. The number of sulfone groups is 1. The molecule has 15 heavy (non-hydrogen) atoms. The predicted molar refractivity (Wildman–Crippen MR) is 58.9 cm³/mol. The van der Waals surface area contributed by atoms with Gasteiger partial charge in [0.2, 0.25) is 0 Å². The molecule has 1 aromatic heterocycles. The molecule has 1 aromatic rings. The third-order valence-electron chi connectivity index (χ3n) is 2.35. The molecule has 0 aromatic carbocycles. The molecule has 0 amide bonds. The largest absolute Gasteiger partial charge is 0.288 e. The van der Waals surface area contributed by atoms with E-state index in [-0.39, 0.29) is 17.5 Å². The molecule has 0 N–H and O–H groups in total. The van der Waals surface area contributed by atoms with Crippen LogP contribution in [0.5, 0.6) is 0 Å². The molecule has 0 spiro atoms. The third-order valence-corrected chi connectivity index (χ3v) is 4.10. The highest BCUT2D eigenvalue weighted by atomic mass is 32.2. The highest BCUT2D eigenvalue weighted by Gasteiger charge is 2.26. The molecule has 1 aliphatic heterocycles. The molecular weight excluding hydrogens is 212 g/mol. The van der Waals surface area contributed by atoms with Crippen molar-refractivity contribution in [3.05, 3.63) is 30.1 Å². The Kier molecular flexibility index (Phi) is 2.81. The monoisotopic (exact) mass is 224 g/mol. The fourth-order valence-electron chi connectivity index (χ4n) is 1.53. The average Bonchev–Trinajstić information content (AvgIpc) is 2.57. The van der Waals surface area contributed by atoms with E-state index in [1.807, 2.05) is 12.1 Å². The van der Waals surface area contributed by atoms with Crippen LogP contribution >= 0.6 is 0 Å². The van der Waals surface area contributed by atoms with Crippen LogP contribution in [-0.4, -0.2) is 37.2 Å². The maximum absolute atomic E-state index is 11.2. The predicted octanol–water partition coefficient (Wildman–Crippen LogP) is 0.688. The summed E-state index contributed by atoms with van der Waals surface area (Å²) in [4.78, 5) is 8.15. The maximum Gasteiger partial charge on any atom is 0.152 e. The molecule has 4 nitrogen and oxygen atoms in total. The number of nitrogens with zero attached hydrogens (tertiary/aromatic N) is 2. The summed E-state index contributed by atoms with van der Waals surface area (Å²) in [6, 6.07) is 3.61. The summed E-state index contributed by atoms with van der Waals surface area (Å²) in [7, 11) is -2.83. The zero-order valence-corrected chi connectivity index (χ0v) is 9.02. The van der Waals surface area contributed by atoms with E-state index in [1.165, 1.54) is 0 Å². The molecule has 1 fully saturated rings. The number of aromatic nitrogens is 1. The Balaban J connectivity index is 2.02. The minimum absolute atomic E-state index is 0.0665. The first-order chi connectivity index (χ1) is 7.16. The van der Waals surface area contributed by atoms with Gasteiger partial charge in [-0.25, -0.2) is 8.42 Å². The van der Waals surface area contributed by atoms with Crippen LogP contribution in [0.15, 0.2) is 29.5 Å². The molecule has 80 valence electrons. The number of hydrogen-bond acceptors (Lipinski definition) is 4. The lowest BCUT2D eigenvalue weighted by Crippen LogP contribution is -2.07. The maximum atomic E-state index is 11.2. The van der Waals surface area contributed by atoms with Crippen molar-refractivity contribution in [3.63, 3.8) is 0 Å². The first-order valence-electron chi connectivity index (χ1n) is 4.79. The Morgan fingerprint density at radius 3 is 2.73 bits per heavy atom. The van der Waals surface area contributed by atoms with Gasteiger partial charge in [0.25, 0.3) is 0 Å². The van der Waals surface area contributed by atoms with E-state index < -0.39 is 9.84 Å². The van der Waals surface area contributed by atoms with Gasteiger partial charge in [0.15, 0.2) is 9.84 Å². The highest BCUT2D eigenvalue weighted by molar-refractivity contribution is 7.91. The summed E-state index contributed by atoms with van der Waals surface area (Å²) in [5.74, 6) is 0.458. The van der Waals surface area contributed by atoms with Crippen LogP contribution < -0.4 is 0 Å². The number of rotatable bonds is 2. The first kappa shape index (κ1) is 10.3. The molecule has 1 saturated heterocycles. The Hall–Kier alpha value is -1.23. The highest BCUT2D eigenvalue weighted by Crippen LogP contribution is 2.14. The van der Waals surface area contributed by atoms with Crippen LogP contribution in [0.4, 0.5) is 0 Å². The summed E-state index contributed by atoms with van der Waals surface area (Å²) in [6.07, 6.45) is 5.73. The van der Waals surface area contributed by atoms with Crippen LogP contribution in [-0.2, 0) is 9.84 Å². The lowest BCUT2D eigenvalue weighted by molar-refractivity contribution is 0.601. The van der Waals surface area contributed by atoms with Gasteiger partial charge in [0.1, 0.15) is 0 Å². The van der Waals surface area contributed by atoms with Crippen molar-refractivity contribution >= 4 is 16.1 Å². The van der Waals surface area contributed by atoms with Gasteiger partial charge in [0.05, 0.1) is 17.5 Å². The third kappa shape index (κ3) is 2.86. The quantitative estimate of drug-likeness (QED) is 0.694. The lowest BCUT2D eigenvalue weighted by atomic mass is 10.2. The molecular formula is C10H12N2O2S. The minimum atomic E-state index is -2.83. The second-order valence-electron chi connectivity index (χ2n) is 3.62. The van der Waals surface area contributed by atoms with Gasteiger partial charge in [-0.05, 0) is 24.1 Å². The Bertz CT molecular complexity index is 454. The molecule has 0 unspecified atom stereocenters. The fraction of sp³-hybridized carbons (Fsp3) is 0.400. The molecule has 0 aliphatic carbocycles. The topological polar surface area (TPSA) is 59.4 Å². The van der Waals surface area contributed by atoms with Crippen molar-refractivity contribution < 1.29 is 8.42 Å². The molecule has 0 radical (unpaired) electrons. The number of aliphatic imine (C=N–C) groups is 1. The lowest BCUT2D eigenvalue weighted by Gasteiger charge is -1.98. The van der Waals surface area contributed by atoms with Gasteiger partial charge in [-0.15, -0.1) is 0 Å². The van der Waals surface area contributed by atoms with Crippen LogP contribution in [0.1, 0.15) is 12.0 Å². The van der Waals surface area contributed by atoms with Gasteiger partial charge in [-0.1, -0.05) is 0 Å². The Labute approximate surface area is 89.0 Å². The van der Waals surface area contributed by atoms with Crippen molar-refractivity contribution in [1.29, 1.82) is 0 Å². The minimum Gasteiger partial charge on any atom is -0.288 e. The Morgan fingerprint density at radius 2 is 2.13 bits per heavy atom. The van der Waals surface area contributed by atoms with Gasteiger partial charge in [0, 0.05) is 18.6 Å². The van der Waals surface area contributed by atoms with Gasteiger partial charge >= 0.3 is 0 Å². The summed E-state index contributed by atoms with van der Waals surface area (Å²) < 4.78 is 22.3.